The largest absolute Gasteiger partial charge is 0.355 e. The number of halogens is 1. The number of benzene rings is 16. The van der Waals surface area contributed by atoms with Crippen LogP contribution < -0.4 is 10.2 Å². The summed E-state index contributed by atoms with van der Waals surface area (Å²) in [5.41, 5.74) is 31.2. The molecule has 1 N–H and O–H groups in total. The highest BCUT2D eigenvalue weighted by atomic mass is 79.9. The maximum Gasteiger partial charge on any atom is 0.0540 e. The molecule has 0 saturated heterocycles. The Morgan fingerprint density at radius 3 is 1.10 bits per heavy atom. The van der Waals surface area contributed by atoms with Gasteiger partial charge in [-0.05, 0) is 219 Å². The number of anilines is 5. The normalized spacial score (nSPS) is 12.4. The van der Waals surface area contributed by atoms with Gasteiger partial charge in [-0.25, -0.2) is 0 Å². The van der Waals surface area contributed by atoms with Crippen LogP contribution in [-0.4, -0.2) is 0 Å². The molecule has 2 aliphatic carbocycles. The molecule has 0 aromatic heterocycles. The third-order valence-electron chi connectivity index (χ3n) is 20.4. The van der Waals surface area contributed by atoms with Crippen molar-refractivity contribution in [2.45, 2.75) is 46.0 Å². The highest BCUT2D eigenvalue weighted by Gasteiger charge is 2.37. The van der Waals surface area contributed by atoms with E-state index in [4.69, 9.17) is 0 Å². The Labute approximate surface area is 609 Å². The molecule has 16 aromatic rings. The summed E-state index contributed by atoms with van der Waals surface area (Å²) in [6.45, 7) is 9.35. The van der Waals surface area contributed by atoms with E-state index in [9.17, 15) is 0 Å². The minimum Gasteiger partial charge on any atom is -0.355 e. The van der Waals surface area contributed by atoms with Crippen molar-refractivity contribution in [3.05, 3.63) is 403 Å². The van der Waals surface area contributed by atoms with Gasteiger partial charge in [-0.3, -0.25) is 0 Å². The van der Waals surface area contributed by atoms with E-state index in [1.54, 1.807) is 0 Å². The summed E-state index contributed by atoms with van der Waals surface area (Å²) in [6, 6.07) is 135. The Balaban J connectivity index is 0.000000137. The lowest BCUT2D eigenvalue weighted by Gasteiger charge is -2.29. The molecule has 0 radical (unpaired) electrons. The average Bonchev–Trinajstić information content (AvgIpc) is 1.61. The van der Waals surface area contributed by atoms with E-state index < -0.39 is 0 Å². The molecule has 0 saturated carbocycles. The standard InChI is InChI=1S/C49H37N.C30H23N.C19H15Br.CH4/c1-49(2)46-21-13-12-20-43(46)45-32-39-24-28-42(30-40(39)33-47(45)49)50(41-26-22-36(23-27-41)34-14-6-3-7-15-34)48-29-25-38(35-16-8-4-9-17-35)31-44(48)37-18-10-5-11-19-37;1-4-10-23(11-5-1)25-16-19-28(20-17-25)31-30-21-18-27(24-12-6-2-7-13-24)22-29(30)26-14-8-3-9-15-26;1-19(2)17-6-4-3-5-15(17)16-10-12-7-8-14(20)9-13(12)11-18(16)19;/h3-33H,1-2H3;1-22,31H;3-11H,1-2H3;1H4. The van der Waals surface area contributed by atoms with Gasteiger partial charge in [0.2, 0.25) is 0 Å². The number of nitrogens with one attached hydrogen (secondary N) is 1. The zero-order valence-electron chi connectivity index (χ0n) is 57.1. The summed E-state index contributed by atoms with van der Waals surface area (Å²) < 4.78 is 1.14. The minimum atomic E-state index is -0.0587. The zero-order valence-corrected chi connectivity index (χ0v) is 58.7. The first kappa shape index (κ1) is 66.0. The SMILES string of the molecule is C.CC1(C)c2ccccc2-c2cc3ccc(Br)cc3cc21.CC1(C)c2ccccc2-c2cc3ccc(N(c4ccc(-c5ccccc5)cc4)c4ccc(-c5ccccc5)cc4-c4ccccc4)cc3cc21.c1ccc(-c2ccc(Nc3ccc(-c4ccccc4)cc3-c3ccccc3)cc2)cc1. The molecule has 0 amide bonds. The van der Waals surface area contributed by atoms with Gasteiger partial charge in [0.25, 0.3) is 0 Å². The van der Waals surface area contributed by atoms with Crippen LogP contribution in [-0.2, 0) is 10.8 Å². The molecule has 102 heavy (non-hydrogen) atoms. The predicted molar refractivity (Wildman–Crippen MR) is 441 cm³/mol. The molecule has 0 unspecified atom stereocenters. The van der Waals surface area contributed by atoms with Crippen LogP contribution in [0.4, 0.5) is 28.4 Å². The third-order valence-corrected chi connectivity index (χ3v) is 20.9. The number of fused-ring (bicyclic) bond motifs is 8. The monoisotopic (exact) mass is 1370 g/mol. The van der Waals surface area contributed by atoms with Crippen LogP contribution >= 0.6 is 15.9 Å². The molecule has 2 nitrogen and oxygen atoms in total. The Kier molecular flexibility index (Phi) is 18.4. The summed E-state index contributed by atoms with van der Waals surface area (Å²) in [6.07, 6.45) is 0. The van der Waals surface area contributed by atoms with Gasteiger partial charge in [0.05, 0.1) is 5.69 Å². The van der Waals surface area contributed by atoms with E-state index in [0.717, 1.165) is 32.9 Å². The third kappa shape index (κ3) is 13.1. The second-order valence-electron chi connectivity index (χ2n) is 27.4. The molecule has 16 aromatic carbocycles. The number of rotatable bonds is 11. The summed E-state index contributed by atoms with van der Waals surface area (Å²) >= 11 is 3.57. The summed E-state index contributed by atoms with van der Waals surface area (Å²) in [7, 11) is 0. The van der Waals surface area contributed by atoms with Gasteiger partial charge in [-0.2, -0.15) is 0 Å². The molecule has 0 spiro atoms. The quantitative estimate of drug-likeness (QED) is 0.139. The van der Waals surface area contributed by atoms with Crippen molar-refractivity contribution in [1.29, 1.82) is 0 Å². The first-order chi connectivity index (χ1) is 49.5. The molecule has 2 aliphatic rings. The molecule has 0 fully saturated rings. The predicted octanol–water partition coefficient (Wildman–Crippen LogP) is 28.6. The number of nitrogens with zero attached hydrogens (tertiary/aromatic N) is 1. The van der Waals surface area contributed by atoms with Gasteiger partial charge in [0.15, 0.2) is 0 Å². The summed E-state index contributed by atoms with van der Waals surface area (Å²) in [5, 5.41) is 8.74. The van der Waals surface area contributed by atoms with Gasteiger partial charge in [0.1, 0.15) is 0 Å². The smallest absolute Gasteiger partial charge is 0.0540 e. The van der Waals surface area contributed by atoms with Crippen molar-refractivity contribution in [1.82, 2.24) is 0 Å². The first-order valence-electron chi connectivity index (χ1n) is 34.9. The van der Waals surface area contributed by atoms with E-state index in [-0.39, 0.29) is 18.3 Å². The van der Waals surface area contributed by atoms with Crippen LogP contribution in [0.15, 0.2) is 381 Å². The molecule has 0 atom stereocenters. The van der Waals surface area contributed by atoms with E-state index in [2.05, 4.69) is 424 Å². The lowest BCUT2D eigenvalue weighted by atomic mass is 9.82. The lowest BCUT2D eigenvalue weighted by Crippen LogP contribution is -2.15. The average molecular weight is 1380 g/mol. The zero-order chi connectivity index (χ0) is 68.4. The van der Waals surface area contributed by atoms with E-state index in [1.807, 2.05) is 6.07 Å². The molecule has 0 bridgehead atoms. The second-order valence-corrected chi connectivity index (χ2v) is 28.3. The van der Waals surface area contributed by atoms with Gasteiger partial charge in [0, 0.05) is 49.2 Å². The molecule has 0 heterocycles. The summed E-state index contributed by atoms with van der Waals surface area (Å²) in [5.74, 6) is 0. The number of hydrogen-bond acceptors (Lipinski definition) is 2. The van der Waals surface area contributed by atoms with Crippen molar-refractivity contribution < 1.29 is 0 Å². The fraction of sp³-hybridized carbons (Fsp3) is 0.0707. The first-order valence-corrected chi connectivity index (χ1v) is 35.7. The van der Waals surface area contributed by atoms with Gasteiger partial charge < -0.3 is 10.2 Å². The molecule has 0 aliphatic heterocycles. The molecular weight excluding hydrogens is 1300 g/mol. The molecule has 492 valence electrons. The van der Waals surface area contributed by atoms with Crippen molar-refractivity contribution in [3.63, 3.8) is 0 Å². The number of hydrogen-bond donors (Lipinski definition) is 1. The van der Waals surface area contributed by atoms with Crippen molar-refractivity contribution in [3.8, 4) is 89.0 Å². The topological polar surface area (TPSA) is 15.3 Å². The Bertz CT molecular complexity index is 5640. The molecular formula is C99H79BrN2. The Hall–Kier alpha value is -11.9. The van der Waals surface area contributed by atoms with E-state index in [1.165, 1.54) is 133 Å². The van der Waals surface area contributed by atoms with Crippen LogP contribution in [0.5, 0.6) is 0 Å². The highest BCUT2D eigenvalue weighted by Crippen LogP contribution is 2.52. The van der Waals surface area contributed by atoms with Crippen molar-refractivity contribution in [2.24, 2.45) is 0 Å². The van der Waals surface area contributed by atoms with Crippen LogP contribution in [0.1, 0.15) is 57.4 Å². The summed E-state index contributed by atoms with van der Waals surface area (Å²) in [4.78, 5) is 2.43. The van der Waals surface area contributed by atoms with Crippen molar-refractivity contribution in [2.75, 3.05) is 10.2 Å². The molecule has 18 rings (SSSR count). The minimum absolute atomic E-state index is 0. The lowest BCUT2D eigenvalue weighted by molar-refractivity contribution is 0.661. The van der Waals surface area contributed by atoms with Crippen molar-refractivity contribution >= 4 is 65.9 Å². The van der Waals surface area contributed by atoms with Gasteiger partial charge in [-0.15, -0.1) is 0 Å². The maximum atomic E-state index is 3.63. The highest BCUT2D eigenvalue weighted by molar-refractivity contribution is 9.10. The Morgan fingerprint density at radius 1 is 0.245 bits per heavy atom. The maximum absolute atomic E-state index is 3.63. The van der Waals surface area contributed by atoms with Crippen LogP contribution in [0.2, 0.25) is 0 Å². The van der Waals surface area contributed by atoms with Crippen LogP contribution in [0, 0.1) is 0 Å². The fourth-order valence-electron chi connectivity index (χ4n) is 15.1. The van der Waals surface area contributed by atoms with Crippen LogP contribution in [0.3, 0.4) is 0 Å². The van der Waals surface area contributed by atoms with E-state index >= 15 is 0 Å². The van der Waals surface area contributed by atoms with Crippen LogP contribution in [0.25, 0.3) is 111 Å². The van der Waals surface area contributed by atoms with Gasteiger partial charge in [-0.1, -0.05) is 330 Å². The fourth-order valence-corrected chi connectivity index (χ4v) is 15.5. The second kappa shape index (κ2) is 28.4. The van der Waals surface area contributed by atoms with E-state index in [0.29, 0.717) is 0 Å². The Morgan fingerprint density at radius 2 is 0.608 bits per heavy atom. The molecule has 3 heteroatoms. The van der Waals surface area contributed by atoms with Gasteiger partial charge >= 0.3 is 0 Å².